The number of fused-ring (bicyclic) bond motifs is 1. The molecule has 2 aliphatic rings. The van der Waals surface area contributed by atoms with E-state index in [1.807, 2.05) is 4.90 Å². The van der Waals surface area contributed by atoms with Gasteiger partial charge >= 0.3 is 6.18 Å². The van der Waals surface area contributed by atoms with Crippen LogP contribution in [0.25, 0.3) is 0 Å². The lowest BCUT2D eigenvalue weighted by Crippen LogP contribution is -2.53. The molecular weight excluding hydrogens is 291 g/mol. The van der Waals surface area contributed by atoms with Crippen molar-refractivity contribution in [2.45, 2.75) is 43.9 Å². The Morgan fingerprint density at radius 1 is 1.30 bits per heavy atom. The van der Waals surface area contributed by atoms with E-state index in [2.05, 4.69) is 9.36 Å². The summed E-state index contributed by atoms with van der Waals surface area (Å²) in [6.07, 6.45) is -0.0587. The van der Waals surface area contributed by atoms with Crippen LogP contribution in [0.4, 0.5) is 18.3 Å². The number of hydrogen-bond acceptors (Lipinski definition) is 5. The Bertz CT molecular complexity index is 493. The summed E-state index contributed by atoms with van der Waals surface area (Å²) in [4.78, 5) is 5.42. The second kappa shape index (κ2) is 4.84. The Kier molecular flexibility index (Phi) is 3.40. The Hall–Kier alpha value is -0.890. The van der Waals surface area contributed by atoms with Crippen LogP contribution in [0.1, 0.15) is 37.9 Å². The summed E-state index contributed by atoms with van der Waals surface area (Å²) in [7, 11) is 0. The molecule has 2 atom stereocenters. The SMILES string of the molecule is OC12CCCCC1CN(c1nc(C(F)(F)F)ns1)CC2. The van der Waals surface area contributed by atoms with Crippen LogP contribution in [0, 0.1) is 5.92 Å². The molecule has 1 N–H and O–H groups in total. The summed E-state index contributed by atoms with van der Waals surface area (Å²) >= 11 is 0.784. The van der Waals surface area contributed by atoms with Gasteiger partial charge in [0.2, 0.25) is 11.0 Å². The number of rotatable bonds is 1. The quantitative estimate of drug-likeness (QED) is 0.866. The first-order chi connectivity index (χ1) is 9.38. The van der Waals surface area contributed by atoms with Crippen LogP contribution in [-0.2, 0) is 6.18 Å². The van der Waals surface area contributed by atoms with E-state index >= 15 is 0 Å². The van der Waals surface area contributed by atoms with Gasteiger partial charge in [0, 0.05) is 30.5 Å². The molecule has 0 radical (unpaired) electrons. The number of nitrogens with zero attached hydrogens (tertiary/aromatic N) is 3. The first-order valence-corrected chi connectivity index (χ1v) is 7.54. The number of hydrogen-bond donors (Lipinski definition) is 1. The molecule has 0 bridgehead atoms. The van der Waals surface area contributed by atoms with Gasteiger partial charge in [0.25, 0.3) is 0 Å². The summed E-state index contributed by atoms with van der Waals surface area (Å²) in [6.45, 7) is 1.11. The molecule has 1 aromatic heterocycles. The predicted octanol–water partition coefficient (Wildman–Crippen LogP) is 2.69. The van der Waals surface area contributed by atoms with Crippen molar-refractivity contribution in [3.05, 3.63) is 5.82 Å². The highest BCUT2D eigenvalue weighted by molar-refractivity contribution is 7.09. The molecule has 8 heteroatoms. The maximum Gasteiger partial charge on any atom is 0.452 e. The van der Waals surface area contributed by atoms with E-state index in [1.165, 1.54) is 0 Å². The monoisotopic (exact) mass is 307 g/mol. The van der Waals surface area contributed by atoms with Crippen LogP contribution in [0.5, 0.6) is 0 Å². The van der Waals surface area contributed by atoms with Crippen LogP contribution < -0.4 is 4.90 Å². The van der Waals surface area contributed by atoms with Gasteiger partial charge in [-0.25, -0.2) is 0 Å². The van der Waals surface area contributed by atoms with Crippen LogP contribution in [-0.4, -0.2) is 33.2 Å². The van der Waals surface area contributed by atoms with Crippen LogP contribution in [0.3, 0.4) is 0 Å². The standard InChI is InChI=1S/C12H16F3N3OS/c13-12(14,15)9-16-10(20-17-9)18-6-5-11(19)4-2-1-3-8(11)7-18/h8,19H,1-7H2. The molecule has 2 fully saturated rings. The smallest absolute Gasteiger partial charge is 0.389 e. The predicted molar refractivity (Wildman–Crippen MR) is 68.6 cm³/mol. The van der Waals surface area contributed by atoms with Crippen molar-refractivity contribution >= 4 is 16.7 Å². The Balaban J connectivity index is 1.74. The van der Waals surface area contributed by atoms with E-state index in [1.54, 1.807) is 0 Å². The lowest BCUT2D eigenvalue weighted by atomic mass is 9.71. The normalized spacial score (nSPS) is 31.2. The number of aliphatic hydroxyl groups is 1. The van der Waals surface area contributed by atoms with Gasteiger partial charge < -0.3 is 10.0 Å². The molecule has 0 amide bonds. The van der Waals surface area contributed by atoms with Crippen molar-refractivity contribution in [2.75, 3.05) is 18.0 Å². The lowest BCUT2D eigenvalue weighted by molar-refractivity contribution is -0.144. The largest absolute Gasteiger partial charge is 0.452 e. The van der Waals surface area contributed by atoms with Crippen LogP contribution in [0.15, 0.2) is 0 Å². The summed E-state index contributed by atoms with van der Waals surface area (Å²) in [5, 5.41) is 10.9. The van der Waals surface area contributed by atoms with E-state index in [9.17, 15) is 18.3 Å². The highest BCUT2D eigenvalue weighted by atomic mass is 32.1. The van der Waals surface area contributed by atoms with Crippen molar-refractivity contribution in [3.63, 3.8) is 0 Å². The molecule has 1 aliphatic carbocycles. The third-order valence-electron chi connectivity index (χ3n) is 4.37. The molecule has 2 heterocycles. The van der Waals surface area contributed by atoms with Gasteiger partial charge in [-0.1, -0.05) is 12.8 Å². The van der Waals surface area contributed by atoms with Gasteiger partial charge in [0.1, 0.15) is 0 Å². The molecule has 3 rings (SSSR count). The highest BCUT2D eigenvalue weighted by Gasteiger charge is 2.44. The topological polar surface area (TPSA) is 49.2 Å². The molecule has 1 saturated heterocycles. The van der Waals surface area contributed by atoms with Gasteiger partial charge in [-0.3, -0.25) is 0 Å². The summed E-state index contributed by atoms with van der Waals surface area (Å²) in [6, 6.07) is 0. The van der Waals surface area contributed by atoms with Crippen molar-refractivity contribution < 1.29 is 18.3 Å². The number of alkyl halides is 3. The van der Waals surface area contributed by atoms with Gasteiger partial charge in [-0.05, 0) is 19.3 Å². The number of anilines is 1. The second-order valence-corrected chi connectivity index (χ2v) is 6.37. The fourth-order valence-corrected chi connectivity index (χ4v) is 3.92. The third-order valence-corrected chi connectivity index (χ3v) is 5.14. The van der Waals surface area contributed by atoms with Crippen molar-refractivity contribution in [1.29, 1.82) is 0 Å². The molecule has 20 heavy (non-hydrogen) atoms. The highest BCUT2D eigenvalue weighted by Crippen LogP contribution is 2.41. The molecule has 0 spiro atoms. The molecule has 0 aromatic carbocycles. The lowest BCUT2D eigenvalue weighted by Gasteiger charge is -2.47. The van der Waals surface area contributed by atoms with Crippen molar-refractivity contribution in [2.24, 2.45) is 5.92 Å². The third kappa shape index (κ3) is 2.50. The second-order valence-electron chi connectivity index (χ2n) is 5.64. The first kappa shape index (κ1) is 14.1. The zero-order valence-electron chi connectivity index (χ0n) is 10.9. The van der Waals surface area contributed by atoms with Crippen molar-refractivity contribution in [1.82, 2.24) is 9.36 Å². The maximum atomic E-state index is 12.5. The summed E-state index contributed by atoms with van der Waals surface area (Å²) in [5.41, 5.74) is -0.633. The molecule has 2 unspecified atom stereocenters. The molecule has 1 saturated carbocycles. The average molecular weight is 307 g/mol. The number of piperidine rings is 1. The molecule has 1 aliphatic heterocycles. The van der Waals surface area contributed by atoms with E-state index < -0.39 is 17.6 Å². The first-order valence-electron chi connectivity index (χ1n) is 6.77. The van der Waals surface area contributed by atoms with Crippen molar-refractivity contribution in [3.8, 4) is 0 Å². The molecule has 1 aromatic rings. The molecule has 4 nitrogen and oxygen atoms in total. The minimum absolute atomic E-state index is 0.128. The zero-order valence-corrected chi connectivity index (χ0v) is 11.7. The van der Waals surface area contributed by atoms with Gasteiger partial charge in [0.15, 0.2) is 0 Å². The average Bonchev–Trinajstić information content (AvgIpc) is 2.87. The minimum atomic E-state index is -4.49. The number of halogens is 3. The molecular formula is C12H16F3N3OS. The fourth-order valence-electron chi connectivity index (χ4n) is 3.20. The summed E-state index contributed by atoms with van der Waals surface area (Å²) in [5.74, 6) is -0.940. The van der Waals surface area contributed by atoms with E-state index in [-0.39, 0.29) is 5.92 Å². The van der Waals surface area contributed by atoms with Crippen LogP contribution >= 0.6 is 11.5 Å². The fraction of sp³-hybridized carbons (Fsp3) is 0.833. The van der Waals surface area contributed by atoms with Gasteiger partial charge in [-0.2, -0.15) is 22.5 Å². The van der Waals surface area contributed by atoms with Crippen LogP contribution in [0.2, 0.25) is 0 Å². The van der Waals surface area contributed by atoms with E-state index in [0.717, 1.165) is 37.2 Å². The van der Waals surface area contributed by atoms with E-state index in [0.29, 0.717) is 24.6 Å². The van der Waals surface area contributed by atoms with Gasteiger partial charge in [-0.15, -0.1) is 0 Å². The molecule has 112 valence electrons. The Morgan fingerprint density at radius 2 is 2.10 bits per heavy atom. The maximum absolute atomic E-state index is 12.5. The zero-order chi connectivity index (χ0) is 14.4. The number of aromatic nitrogens is 2. The minimum Gasteiger partial charge on any atom is -0.389 e. The Morgan fingerprint density at radius 3 is 2.80 bits per heavy atom. The summed E-state index contributed by atoms with van der Waals surface area (Å²) < 4.78 is 40.9. The van der Waals surface area contributed by atoms with E-state index in [4.69, 9.17) is 0 Å². The van der Waals surface area contributed by atoms with Gasteiger partial charge in [0.05, 0.1) is 5.60 Å². The Labute approximate surface area is 118 Å².